The molecular weight excluding hydrogens is 498 g/mol. The summed E-state index contributed by atoms with van der Waals surface area (Å²) in [4.78, 5) is 12.2. The van der Waals surface area contributed by atoms with Gasteiger partial charge < -0.3 is 9.73 Å². The first-order valence-corrected chi connectivity index (χ1v) is 11.1. The van der Waals surface area contributed by atoms with E-state index in [9.17, 15) is 18.0 Å². The first kappa shape index (κ1) is 23.4. The third-order valence-electron chi connectivity index (χ3n) is 4.66. The fourth-order valence-corrected chi connectivity index (χ4v) is 4.42. The molecule has 11 heteroatoms. The van der Waals surface area contributed by atoms with E-state index < -0.39 is 17.0 Å². The number of benzene rings is 2. The van der Waals surface area contributed by atoms with Crippen molar-refractivity contribution in [2.24, 2.45) is 10.2 Å². The predicted octanol–water partition coefficient (Wildman–Crippen LogP) is 6.44. The van der Waals surface area contributed by atoms with E-state index in [2.05, 4.69) is 15.5 Å². The van der Waals surface area contributed by atoms with E-state index in [1.165, 1.54) is 36.2 Å². The molecule has 1 N–H and O–H groups in total. The van der Waals surface area contributed by atoms with Gasteiger partial charge in [-0.2, -0.15) is 18.3 Å². The van der Waals surface area contributed by atoms with Gasteiger partial charge in [-0.05, 0) is 48.4 Å². The quantitative estimate of drug-likeness (QED) is 0.316. The number of rotatable bonds is 5. The summed E-state index contributed by atoms with van der Waals surface area (Å²) < 4.78 is 44.5. The Kier molecular flexibility index (Phi) is 6.83. The average Bonchev–Trinajstić information content (AvgIpc) is 3.36. The Morgan fingerprint density at radius 1 is 1.09 bits per heavy atom. The monoisotopic (exact) mass is 511 g/mol. The molecule has 1 aliphatic heterocycles. The number of thioether (sulfide) groups is 1. The number of alkyl halides is 3. The standard InChI is InChI=1S/C22H14Cl2F3N3O2S/c23-16-4-2-1-3-12(16)9-19-20(31)29-21(33-19)30-28-11-14-6-8-18(32-14)15-10-13(22(25,26)27)5-7-17(15)24/h1-8,10-11,19H,9H2,(H,29,30,31)/b28-11+. The molecular formula is C22H14Cl2F3N3O2S. The molecule has 1 atom stereocenters. The topological polar surface area (TPSA) is 67.0 Å². The Morgan fingerprint density at radius 3 is 2.64 bits per heavy atom. The van der Waals surface area contributed by atoms with Crippen LogP contribution in [0.4, 0.5) is 13.2 Å². The van der Waals surface area contributed by atoms with E-state index in [0.717, 1.165) is 17.7 Å². The lowest BCUT2D eigenvalue weighted by Gasteiger charge is -2.08. The molecule has 0 spiro atoms. The summed E-state index contributed by atoms with van der Waals surface area (Å²) in [5.41, 5.74) is 0.131. The first-order chi connectivity index (χ1) is 15.7. The third kappa shape index (κ3) is 5.61. The number of carbonyl (C=O) groups excluding carboxylic acids is 1. The van der Waals surface area contributed by atoms with Gasteiger partial charge >= 0.3 is 6.18 Å². The highest BCUT2D eigenvalue weighted by molar-refractivity contribution is 8.15. The summed E-state index contributed by atoms with van der Waals surface area (Å²) in [6.45, 7) is 0. The van der Waals surface area contributed by atoms with E-state index in [1.54, 1.807) is 6.07 Å². The molecule has 1 aromatic heterocycles. The van der Waals surface area contributed by atoms with Crippen LogP contribution in [0.3, 0.4) is 0 Å². The van der Waals surface area contributed by atoms with Gasteiger partial charge in [0.25, 0.3) is 0 Å². The van der Waals surface area contributed by atoms with Crippen LogP contribution in [0.25, 0.3) is 11.3 Å². The van der Waals surface area contributed by atoms with E-state index in [1.807, 2.05) is 18.2 Å². The second-order valence-corrected chi connectivity index (χ2v) is 8.94. The van der Waals surface area contributed by atoms with Gasteiger partial charge in [0.1, 0.15) is 11.5 Å². The molecule has 0 bridgehead atoms. The summed E-state index contributed by atoms with van der Waals surface area (Å²) in [7, 11) is 0. The Labute approximate surface area is 200 Å². The van der Waals surface area contributed by atoms with Gasteiger partial charge in [0.2, 0.25) is 5.91 Å². The van der Waals surface area contributed by atoms with E-state index in [-0.39, 0.29) is 28.0 Å². The maximum absolute atomic E-state index is 13.0. The Bertz CT molecular complexity index is 1260. The van der Waals surface area contributed by atoms with E-state index >= 15 is 0 Å². The maximum atomic E-state index is 13.0. The van der Waals surface area contributed by atoms with Crippen molar-refractivity contribution in [3.8, 4) is 11.3 Å². The van der Waals surface area contributed by atoms with Crippen molar-refractivity contribution >= 4 is 52.3 Å². The van der Waals surface area contributed by atoms with Crippen molar-refractivity contribution in [3.63, 3.8) is 0 Å². The molecule has 4 rings (SSSR count). The highest BCUT2D eigenvalue weighted by Crippen LogP contribution is 2.36. The van der Waals surface area contributed by atoms with Crippen molar-refractivity contribution in [2.75, 3.05) is 0 Å². The number of nitrogens with one attached hydrogen (secondary N) is 1. The van der Waals surface area contributed by atoms with Gasteiger partial charge in [-0.1, -0.05) is 53.2 Å². The van der Waals surface area contributed by atoms with Crippen LogP contribution in [-0.4, -0.2) is 22.5 Å². The van der Waals surface area contributed by atoms with Crippen LogP contribution in [0, 0.1) is 0 Å². The van der Waals surface area contributed by atoms with Crippen LogP contribution >= 0.6 is 35.0 Å². The molecule has 0 aliphatic carbocycles. The molecule has 1 saturated heterocycles. The molecule has 1 aliphatic rings. The van der Waals surface area contributed by atoms with Crippen molar-refractivity contribution in [1.29, 1.82) is 0 Å². The van der Waals surface area contributed by atoms with Crippen LogP contribution in [0.5, 0.6) is 0 Å². The largest absolute Gasteiger partial charge is 0.455 e. The number of halogens is 5. The lowest BCUT2D eigenvalue weighted by Crippen LogP contribution is -2.26. The predicted molar refractivity (Wildman–Crippen MR) is 124 cm³/mol. The van der Waals surface area contributed by atoms with E-state index in [4.69, 9.17) is 27.6 Å². The summed E-state index contributed by atoms with van der Waals surface area (Å²) in [5, 5.41) is 11.2. The number of furan rings is 1. The highest BCUT2D eigenvalue weighted by atomic mass is 35.5. The van der Waals surface area contributed by atoms with Crippen molar-refractivity contribution < 1.29 is 22.4 Å². The van der Waals surface area contributed by atoms with Crippen molar-refractivity contribution in [1.82, 2.24) is 5.32 Å². The van der Waals surface area contributed by atoms with Gasteiger partial charge in [-0.3, -0.25) is 4.79 Å². The zero-order valence-electron chi connectivity index (χ0n) is 16.6. The average molecular weight is 512 g/mol. The maximum Gasteiger partial charge on any atom is 0.416 e. The van der Waals surface area contributed by atoms with Gasteiger partial charge in [0.15, 0.2) is 5.17 Å². The fourth-order valence-electron chi connectivity index (χ4n) is 3.05. The Morgan fingerprint density at radius 2 is 1.88 bits per heavy atom. The zero-order chi connectivity index (χ0) is 23.6. The molecule has 0 radical (unpaired) electrons. The number of amidine groups is 1. The molecule has 2 heterocycles. The molecule has 2 aromatic carbocycles. The second kappa shape index (κ2) is 9.62. The van der Waals surface area contributed by atoms with Crippen LogP contribution < -0.4 is 5.32 Å². The first-order valence-electron chi connectivity index (χ1n) is 9.49. The number of carbonyl (C=O) groups is 1. The molecule has 33 heavy (non-hydrogen) atoms. The number of nitrogens with zero attached hydrogens (tertiary/aromatic N) is 2. The molecule has 0 saturated carbocycles. The number of hydrogen-bond acceptors (Lipinski definition) is 5. The minimum atomic E-state index is -4.50. The number of hydrogen-bond donors (Lipinski definition) is 1. The smallest absolute Gasteiger partial charge is 0.416 e. The number of amides is 1. The molecule has 1 amide bonds. The van der Waals surface area contributed by atoms with Crippen LogP contribution in [0.2, 0.25) is 10.0 Å². The minimum Gasteiger partial charge on any atom is -0.455 e. The van der Waals surface area contributed by atoms with Gasteiger partial charge in [-0.15, -0.1) is 5.10 Å². The molecule has 1 fully saturated rings. The Hall–Kier alpha value is -2.75. The molecule has 3 aromatic rings. The third-order valence-corrected chi connectivity index (χ3v) is 6.43. The summed E-state index contributed by atoms with van der Waals surface area (Å²) in [5.74, 6) is 0.210. The molecule has 5 nitrogen and oxygen atoms in total. The SMILES string of the molecule is O=C1N/C(=N\N=C\c2ccc(-c3cc(C(F)(F)F)ccc3Cl)o2)SC1Cc1ccccc1Cl. The Balaban J connectivity index is 1.44. The highest BCUT2D eigenvalue weighted by Gasteiger charge is 2.32. The lowest BCUT2D eigenvalue weighted by atomic mass is 10.1. The van der Waals surface area contributed by atoms with Crippen LogP contribution in [0.1, 0.15) is 16.9 Å². The van der Waals surface area contributed by atoms with Crippen LogP contribution in [0.15, 0.2) is 69.2 Å². The van der Waals surface area contributed by atoms with Crippen molar-refractivity contribution in [2.45, 2.75) is 17.8 Å². The summed E-state index contributed by atoms with van der Waals surface area (Å²) >= 11 is 13.4. The second-order valence-electron chi connectivity index (χ2n) is 6.94. The van der Waals surface area contributed by atoms with Crippen molar-refractivity contribution in [3.05, 3.63) is 81.5 Å². The zero-order valence-corrected chi connectivity index (χ0v) is 18.9. The lowest BCUT2D eigenvalue weighted by molar-refractivity contribution is -0.137. The van der Waals surface area contributed by atoms with Gasteiger partial charge in [-0.25, -0.2) is 0 Å². The summed E-state index contributed by atoms with van der Waals surface area (Å²) in [6, 6.07) is 13.3. The molecule has 170 valence electrons. The van der Waals surface area contributed by atoms with E-state index in [0.29, 0.717) is 16.6 Å². The normalized spacial score (nSPS) is 17.8. The fraction of sp³-hybridized carbons (Fsp3) is 0.136. The van der Waals surface area contributed by atoms with Crippen LogP contribution in [-0.2, 0) is 17.4 Å². The minimum absolute atomic E-state index is 0.110. The summed E-state index contributed by atoms with van der Waals surface area (Å²) in [6.07, 6.45) is -2.77. The van der Waals surface area contributed by atoms with Gasteiger partial charge in [0, 0.05) is 10.6 Å². The van der Waals surface area contributed by atoms with Gasteiger partial charge in [0.05, 0.1) is 22.1 Å². The molecule has 1 unspecified atom stereocenters.